The van der Waals surface area contributed by atoms with Crippen molar-refractivity contribution in [2.45, 2.75) is 39.2 Å². The molecule has 4 heteroatoms. The Hall–Kier alpha value is -2.33. The number of fused-ring (bicyclic) bond motifs is 1. The third kappa shape index (κ3) is 4.07. The van der Waals surface area contributed by atoms with Crippen molar-refractivity contribution < 1.29 is 9.90 Å². The lowest BCUT2D eigenvalue weighted by molar-refractivity contribution is -0.132. The van der Waals surface area contributed by atoms with E-state index in [1.165, 1.54) is 17.5 Å². The minimum absolute atomic E-state index is 0.159. The molecule has 1 unspecified atom stereocenters. The molecule has 0 saturated carbocycles. The van der Waals surface area contributed by atoms with Gasteiger partial charge in [0.25, 0.3) is 0 Å². The maximum absolute atomic E-state index is 13.2. The van der Waals surface area contributed by atoms with Crippen molar-refractivity contribution in [3.8, 4) is 5.75 Å². The summed E-state index contributed by atoms with van der Waals surface area (Å²) in [6.45, 7) is 7.13. The first kappa shape index (κ1) is 19.0. The van der Waals surface area contributed by atoms with Gasteiger partial charge in [-0.05, 0) is 61.2 Å². The van der Waals surface area contributed by atoms with E-state index in [4.69, 9.17) is 0 Å². The number of hydrogen-bond acceptors (Lipinski definition) is 3. The van der Waals surface area contributed by atoms with E-state index in [-0.39, 0.29) is 17.1 Å². The van der Waals surface area contributed by atoms with Gasteiger partial charge in [0.2, 0.25) is 5.91 Å². The smallest absolute Gasteiger partial charge is 0.227 e. The summed E-state index contributed by atoms with van der Waals surface area (Å²) in [4.78, 5) is 17.9. The number of phenols is 1. The summed E-state index contributed by atoms with van der Waals surface area (Å²) in [5.74, 6) is 0.413. The molecule has 2 aliphatic rings. The van der Waals surface area contributed by atoms with E-state index < -0.39 is 0 Å². The average molecular weight is 379 g/mol. The Morgan fingerprint density at radius 1 is 1.07 bits per heavy atom. The Morgan fingerprint density at radius 2 is 1.82 bits per heavy atom. The molecule has 2 heterocycles. The third-order valence-electron chi connectivity index (χ3n) is 6.27. The fraction of sp³-hybridized carbons (Fsp3) is 0.458. The Morgan fingerprint density at radius 3 is 2.57 bits per heavy atom. The number of hydrogen-bond donors (Lipinski definition) is 1. The first-order valence-electron chi connectivity index (χ1n) is 10.4. The summed E-state index contributed by atoms with van der Waals surface area (Å²) in [7, 11) is 0. The Labute approximate surface area is 167 Å². The van der Waals surface area contributed by atoms with Gasteiger partial charge in [0.05, 0.1) is 6.42 Å². The summed E-state index contributed by atoms with van der Waals surface area (Å²) in [6.07, 6.45) is 3.78. The van der Waals surface area contributed by atoms with Crippen molar-refractivity contribution in [2.24, 2.45) is 5.41 Å². The normalized spacial score (nSPS) is 22.2. The zero-order chi connectivity index (χ0) is 19.6. The predicted molar refractivity (Wildman–Crippen MR) is 111 cm³/mol. The van der Waals surface area contributed by atoms with E-state index in [1.807, 2.05) is 12.1 Å². The van der Waals surface area contributed by atoms with E-state index >= 15 is 0 Å². The van der Waals surface area contributed by atoms with E-state index in [2.05, 4.69) is 41.0 Å². The molecule has 1 amide bonds. The van der Waals surface area contributed by atoms with Crippen molar-refractivity contribution in [1.29, 1.82) is 0 Å². The van der Waals surface area contributed by atoms with Crippen LogP contribution in [0.4, 0.5) is 0 Å². The molecule has 4 nitrogen and oxygen atoms in total. The second kappa shape index (κ2) is 7.96. The summed E-state index contributed by atoms with van der Waals surface area (Å²) < 4.78 is 0. The maximum Gasteiger partial charge on any atom is 0.227 e. The summed E-state index contributed by atoms with van der Waals surface area (Å²) in [5.41, 5.74) is 3.80. The highest BCUT2D eigenvalue weighted by Gasteiger charge is 2.42. The number of carbonyl (C=O) groups excluding carboxylic acids is 1. The lowest BCUT2D eigenvalue weighted by atomic mass is 9.80. The molecule has 2 aromatic rings. The first-order chi connectivity index (χ1) is 13.6. The number of nitrogens with zero attached hydrogens (tertiary/aromatic N) is 2. The SMILES string of the molecule is CCCN1CCC2(Cc3ccccc3CN(C(=O)Cc3ccc(O)cc3)C2)C1. The Kier molecular flexibility index (Phi) is 5.40. The molecule has 0 aromatic heterocycles. The largest absolute Gasteiger partial charge is 0.508 e. The van der Waals surface area contributed by atoms with Crippen LogP contribution in [0, 0.1) is 5.41 Å². The Balaban J connectivity index is 1.58. The molecule has 148 valence electrons. The molecule has 28 heavy (non-hydrogen) atoms. The molecule has 2 aromatic carbocycles. The number of likely N-dealkylation sites (tertiary alicyclic amines) is 1. The van der Waals surface area contributed by atoms with E-state index in [0.29, 0.717) is 13.0 Å². The fourth-order valence-corrected chi connectivity index (χ4v) is 4.90. The van der Waals surface area contributed by atoms with Crippen LogP contribution in [0.25, 0.3) is 0 Å². The number of amides is 1. The van der Waals surface area contributed by atoms with Crippen LogP contribution in [0.15, 0.2) is 48.5 Å². The van der Waals surface area contributed by atoms with E-state index in [0.717, 1.165) is 44.6 Å². The molecule has 4 rings (SSSR count). The van der Waals surface area contributed by atoms with Crippen LogP contribution in [0.3, 0.4) is 0 Å². The maximum atomic E-state index is 13.2. The molecule has 0 bridgehead atoms. The molecule has 0 aliphatic carbocycles. The number of rotatable bonds is 4. The van der Waals surface area contributed by atoms with Crippen LogP contribution in [0.1, 0.15) is 36.5 Å². The zero-order valence-electron chi connectivity index (χ0n) is 16.7. The van der Waals surface area contributed by atoms with Gasteiger partial charge in [-0.1, -0.05) is 43.3 Å². The van der Waals surface area contributed by atoms with Gasteiger partial charge in [-0.3, -0.25) is 4.79 Å². The van der Waals surface area contributed by atoms with Crippen LogP contribution < -0.4 is 0 Å². The second-order valence-electron chi connectivity index (χ2n) is 8.56. The van der Waals surface area contributed by atoms with Crippen molar-refractivity contribution in [3.05, 3.63) is 65.2 Å². The monoisotopic (exact) mass is 378 g/mol. The molecular formula is C24H30N2O2. The predicted octanol–water partition coefficient (Wildman–Crippen LogP) is 3.62. The number of phenolic OH excluding ortho intramolecular Hbond substituents is 1. The van der Waals surface area contributed by atoms with Crippen molar-refractivity contribution in [1.82, 2.24) is 9.80 Å². The van der Waals surface area contributed by atoms with Crippen molar-refractivity contribution >= 4 is 5.91 Å². The van der Waals surface area contributed by atoms with Crippen LogP contribution >= 0.6 is 0 Å². The lowest BCUT2D eigenvalue weighted by Crippen LogP contribution is -2.42. The van der Waals surface area contributed by atoms with Gasteiger partial charge in [-0.25, -0.2) is 0 Å². The van der Waals surface area contributed by atoms with Gasteiger partial charge in [0, 0.05) is 25.0 Å². The van der Waals surface area contributed by atoms with Crippen LogP contribution in [-0.2, 0) is 24.2 Å². The summed E-state index contributed by atoms with van der Waals surface area (Å²) in [6, 6.07) is 15.6. The molecule has 1 saturated heterocycles. The number of benzene rings is 2. The zero-order valence-corrected chi connectivity index (χ0v) is 16.7. The van der Waals surface area contributed by atoms with Crippen LogP contribution in [0.5, 0.6) is 5.75 Å². The quantitative estimate of drug-likeness (QED) is 0.884. The second-order valence-corrected chi connectivity index (χ2v) is 8.56. The molecule has 1 spiro atoms. The third-order valence-corrected chi connectivity index (χ3v) is 6.27. The first-order valence-corrected chi connectivity index (χ1v) is 10.4. The van der Waals surface area contributed by atoms with Gasteiger partial charge < -0.3 is 14.9 Å². The number of carbonyl (C=O) groups is 1. The standard InChI is InChI=1S/C24H30N2O2/c1-2-12-25-13-11-24(17-25)15-20-5-3-4-6-21(20)16-26(18-24)23(28)14-19-7-9-22(27)10-8-19/h3-10,27H,2,11-18H2,1H3. The molecule has 1 fully saturated rings. The van der Waals surface area contributed by atoms with Crippen LogP contribution in [0.2, 0.25) is 0 Å². The van der Waals surface area contributed by atoms with Gasteiger partial charge in [-0.2, -0.15) is 0 Å². The highest BCUT2D eigenvalue weighted by molar-refractivity contribution is 5.79. The summed E-state index contributed by atoms with van der Waals surface area (Å²) >= 11 is 0. The highest BCUT2D eigenvalue weighted by atomic mass is 16.3. The minimum atomic E-state index is 0.159. The Bertz CT molecular complexity index is 833. The van der Waals surface area contributed by atoms with E-state index in [9.17, 15) is 9.90 Å². The lowest BCUT2D eigenvalue weighted by Gasteiger charge is -2.33. The van der Waals surface area contributed by atoms with Gasteiger partial charge in [0.1, 0.15) is 5.75 Å². The van der Waals surface area contributed by atoms with E-state index in [1.54, 1.807) is 12.1 Å². The van der Waals surface area contributed by atoms with Crippen LogP contribution in [-0.4, -0.2) is 47.0 Å². The molecule has 1 atom stereocenters. The summed E-state index contributed by atoms with van der Waals surface area (Å²) in [5, 5.41) is 9.49. The molecule has 1 N–H and O–H groups in total. The average Bonchev–Trinajstić information content (AvgIpc) is 2.98. The van der Waals surface area contributed by atoms with Gasteiger partial charge in [0.15, 0.2) is 0 Å². The molecule has 0 radical (unpaired) electrons. The fourth-order valence-electron chi connectivity index (χ4n) is 4.90. The topological polar surface area (TPSA) is 43.8 Å². The van der Waals surface area contributed by atoms with Gasteiger partial charge in [-0.15, -0.1) is 0 Å². The van der Waals surface area contributed by atoms with Crippen molar-refractivity contribution in [3.63, 3.8) is 0 Å². The number of aromatic hydroxyl groups is 1. The molecule has 2 aliphatic heterocycles. The minimum Gasteiger partial charge on any atom is -0.508 e. The highest BCUT2D eigenvalue weighted by Crippen LogP contribution is 2.39. The molecular weight excluding hydrogens is 348 g/mol. The van der Waals surface area contributed by atoms with Gasteiger partial charge >= 0.3 is 0 Å². The van der Waals surface area contributed by atoms with Crippen molar-refractivity contribution in [2.75, 3.05) is 26.2 Å².